The molecule has 1 aromatic heterocycles. The molecule has 0 radical (unpaired) electrons. The summed E-state index contributed by atoms with van der Waals surface area (Å²) in [5.74, 6) is -3.26. The van der Waals surface area contributed by atoms with Gasteiger partial charge >= 0.3 is 5.97 Å². The number of pyridine rings is 1. The van der Waals surface area contributed by atoms with Crippen LogP contribution in [0.4, 0.5) is 8.78 Å². The zero-order valence-corrected chi connectivity index (χ0v) is 9.64. The van der Waals surface area contributed by atoms with Crippen molar-refractivity contribution in [1.29, 1.82) is 0 Å². The van der Waals surface area contributed by atoms with Crippen molar-refractivity contribution < 1.29 is 18.7 Å². The number of hydrogen-bond donors (Lipinski definition) is 2. The minimum Gasteiger partial charge on any atom is -0.477 e. The highest BCUT2D eigenvalue weighted by Gasteiger charge is 2.16. The largest absolute Gasteiger partial charge is 0.477 e. The zero-order chi connectivity index (χ0) is 12.7. The lowest BCUT2D eigenvalue weighted by atomic mass is 10.1. The third-order valence-corrected chi connectivity index (χ3v) is 2.76. The summed E-state index contributed by atoms with van der Waals surface area (Å²) in [5, 5.41) is 8.18. The number of aromatic carboxylic acids is 1. The summed E-state index contributed by atoms with van der Waals surface area (Å²) < 4.78 is 26.9. The van der Waals surface area contributed by atoms with Crippen molar-refractivity contribution in [2.45, 2.75) is 0 Å². The highest BCUT2D eigenvalue weighted by molar-refractivity contribution is 9.10. The highest BCUT2D eigenvalue weighted by atomic mass is 79.9. The predicted octanol–water partition coefficient (Wildman–Crippen LogP) is 2.27. The van der Waals surface area contributed by atoms with Gasteiger partial charge in [-0.25, -0.2) is 13.6 Å². The van der Waals surface area contributed by atoms with Crippen molar-refractivity contribution in [1.82, 2.24) is 4.98 Å². The van der Waals surface area contributed by atoms with E-state index < -0.39 is 39.6 Å². The van der Waals surface area contributed by atoms with Crippen LogP contribution in [0.1, 0.15) is 10.5 Å². The summed E-state index contributed by atoms with van der Waals surface area (Å²) in [6.07, 6.45) is 0. The van der Waals surface area contributed by atoms with E-state index in [9.17, 15) is 18.4 Å². The summed E-state index contributed by atoms with van der Waals surface area (Å²) in [7, 11) is 0. The first-order valence-corrected chi connectivity index (χ1v) is 5.15. The van der Waals surface area contributed by atoms with Crippen LogP contribution < -0.4 is 5.43 Å². The Bertz CT molecular complexity index is 696. The molecule has 2 aromatic rings. The molecule has 0 aliphatic carbocycles. The first-order chi connectivity index (χ1) is 7.91. The number of hydrogen-bond acceptors (Lipinski definition) is 2. The molecule has 0 atom stereocenters. The van der Waals surface area contributed by atoms with Gasteiger partial charge in [-0.3, -0.25) is 4.79 Å². The normalized spacial score (nSPS) is 10.8. The third kappa shape index (κ3) is 1.82. The topological polar surface area (TPSA) is 70.2 Å². The molecule has 0 spiro atoms. The monoisotopic (exact) mass is 303 g/mol. The van der Waals surface area contributed by atoms with Crippen molar-refractivity contribution in [3.05, 3.63) is 44.2 Å². The van der Waals surface area contributed by atoms with Crippen molar-refractivity contribution in [3.63, 3.8) is 0 Å². The number of aromatic nitrogens is 1. The van der Waals surface area contributed by atoms with Crippen LogP contribution in [0.25, 0.3) is 10.9 Å². The van der Waals surface area contributed by atoms with Gasteiger partial charge in [-0.2, -0.15) is 0 Å². The number of nitrogens with one attached hydrogen (secondary N) is 1. The van der Waals surface area contributed by atoms with Crippen LogP contribution in [0.2, 0.25) is 0 Å². The average molecular weight is 304 g/mol. The van der Waals surface area contributed by atoms with Crippen molar-refractivity contribution in [2.24, 2.45) is 0 Å². The Hall–Kier alpha value is -1.76. The van der Waals surface area contributed by atoms with Gasteiger partial charge < -0.3 is 10.1 Å². The number of fused-ring (bicyclic) bond motifs is 1. The maximum absolute atomic E-state index is 13.6. The van der Waals surface area contributed by atoms with Gasteiger partial charge in [0.2, 0.25) is 0 Å². The first kappa shape index (κ1) is 11.7. The van der Waals surface area contributed by atoms with E-state index in [1.165, 1.54) is 0 Å². The van der Waals surface area contributed by atoms with E-state index >= 15 is 0 Å². The Morgan fingerprint density at radius 3 is 2.59 bits per heavy atom. The summed E-state index contributed by atoms with van der Waals surface area (Å²) in [6, 6.07) is 1.53. The third-order valence-electron chi connectivity index (χ3n) is 2.18. The fraction of sp³-hybridized carbons (Fsp3) is 0. The van der Waals surface area contributed by atoms with E-state index in [1.807, 2.05) is 0 Å². The molecule has 0 unspecified atom stereocenters. The maximum Gasteiger partial charge on any atom is 0.352 e. The van der Waals surface area contributed by atoms with Gasteiger partial charge in [-0.05, 0) is 22.0 Å². The van der Waals surface area contributed by atoms with Gasteiger partial charge in [0.15, 0.2) is 11.2 Å². The van der Waals surface area contributed by atoms with Gasteiger partial charge in [-0.1, -0.05) is 0 Å². The number of halogens is 3. The van der Waals surface area contributed by atoms with Gasteiger partial charge in [0.05, 0.1) is 15.4 Å². The molecule has 0 fully saturated rings. The molecule has 0 saturated carbocycles. The van der Waals surface area contributed by atoms with E-state index in [1.54, 1.807) is 0 Å². The van der Waals surface area contributed by atoms with E-state index in [0.717, 1.165) is 6.07 Å². The second-order valence-corrected chi connectivity index (χ2v) is 4.11. The molecule has 1 aromatic carbocycles. The lowest BCUT2D eigenvalue weighted by molar-refractivity contribution is 0.0691. The minimum absolute atomic E-state index is 0.198. The van der Waals surface area contributed by atoms with Crippen molar-refractivity contribution in [2.75, 3.05) is 0 Å². The van der Waals surface area contributed by atoms with Gasteiger partial charge in [0, 0.05) is 6.07 Å². The second-order valence-electron chi connectivity index (χ2n) is 3.26. The number of aromatic amines is 1. The van der Waals surface area contributed by atoms with Crippen LogP contribution in [-0.2, 0) is 0 Å². The van der Waals surface area contributed by atoms with Gasteiger partial charge in [0.1, 0.15) is 11.5 Å². The quantitative estimate of drug-likeness (QED) is 0.794. The van der Waals surface area contributed by atoms with E-state index in [4.69, 9.17) is 5.11 Å². The Balaban J connectivity index is 3.01. The van der Waals surface area contributed by atoms with Crippen LogP contribution in [0.3, 0.4) is 0 Å². The molecule has 0 amide bonds. The summed E-state index contributed by atoms with van der Waals surface area (Å²) in [5.41, 5.74) is -1.85. The molecule has 0 aliphatic rings. The van der Waals surface area contributed by atoms with Crippen molar-refractivity contribution >= 4 is 32.8 Å². The van der Waals surface area contributed by atoms with E-state index in [-0.39, 0.29) is 4.47 Å². The Morgan fingerprint density at radius 1 is 1.35 bits per heavy atom. The summed E-state index contributed by atoms with van der Waals surface area (Å²) >= 11 is 2.76. The van der Waals surface area contributed by atoms with Gasteiger partial charge in [-0.15, -0.1) is 0 Å². The maximum atomic E-state index is 13.6. The Kier molecular flexibility index (Phi) is 2.70. The molecule has 0 aliphatic heterocycles. The SMILES string of the molecule is O=C(O)c1cc(=O)c2c(F)c(Br)cc(F)c2[nH]1. The van der Waals surface area contributed by atoms with Gasteiger partial charge in [0.25, 0.3) is 0 Å². The molecule has 88 valence electrons. The molecule has 1 heterocycles. The molecule has 0 saturated heterocycles. The molecule has 0 bridgehead atoms. The number of H-pyrrole nitrogens is 1. The summed E-state index contributed by atoms with van der Waals surface area (Å²) in [6.45, 7) is 0. The number of carbonyl (C=O) groups is 1. The van der Waals surface area contributed by atoms with Crippen LogP contribution >= 0.6 is 15.9 Å². The molecular weight excluding hydrogens is 300 g/mol. The molecular formula is C10H4BrF2NO3. The fourth-order valence-corrected chi connectivity index (χ4v) is 1.84. The molecule has 4 nitrogen and oxygen atoms in total. The van der Waals surface area contributed by atoms with Crippen LogP contribution in [0.15, 0.2) is 21.4 Å². The van der Waals surface area contributed by atoms with E-state index in [2.05, 4.69) is 20.9 Å². The smallest absolute Gasteiger partial charge is 0.352 e. The first-order valence-electron chi connectivity index (χ1n) is 4.35. The number of benzene rings is 1. The zero-order valence-electron chi connectivity index (χ0n) is 8.05. The Morgan fingerprint density at radius 2 is 2.00 bits per heavy atom. The van der Waals surface area contributed by atoms with Crippen LogP contribution in [0.5, 0.6) is 0 Å². The lowest BCUT2D eigenvalue weighted by Crippen LogP contribution is -2.12. The van der Waals surface area contributed by atoms with Crippen molar-refractivity contribution in [3.8, 4) is 0 Å². The minimum atomic E-state index is -1.42. The summed E-state index contributed by atoms with van der Waals surface area (Å²) in [4.78, 5) is 24.4. The molecule has 7 heteroatoms. The fourth-order valence-electron chi connectivity index (χ4n) is 1.44. The average Bonchev–Trinajstić information content (AvgIpc) is 2.25. The standard InChI is InChI=1S/C10H4BrF2NO3/c11-3-1-4(12)9-7(8(3)13)6(15)2-5(14-9)10(16)17/h1-2H,(H,14,15)(H,16,17). The highest BCUT2D eigenvalue weighted by Crippen LogP contribution is 2.24. The van der Waals surface area contributed by atoms with E-state index in [0.29, 0.717) is 6.07 Å². The second kappa shape index (κ2) is 3.92. The van der Waals surface area contributed by atoms with Crippen LogP contribution in [-0.4, -0.2) is 16.1 Å². The number of carboxylic acid groups (broad SMARTS) is 1. The number of rotatable bonds is 1. The molecule has 2 N–H and O–H groups in total. The van der Waals surface area contributed by atoms with Crippen LogP contribution in [0, 0.1) is 11.6 Å². The lowest BCUT2D eigenvalue weighted by Gasteiger charge is -2.04. The predicted molar refractivity (Wildman–Crippen MR) is 59.1 cm³/mol. The Labute approximate surface area is 101 Å². The molecule has 2 rings (SSSR count). The number of carboxylic acids is 1. The molecule has 17 heavy (non-hydrogen) atoms.